The van der Waals surface area contributed by atoms with E-state index in [1.807, 2.05) is 0 Å². The van der Waals surface area contributed by atoms with E-state index in [0.717, 1.165) is 36.1 Å². The van der Waals surface area contributed by atoms with Crippen molar-refractivity contribution in [1.82, 2.24) is 9.55 Å². The third kappa shape index (κ3) is 3.07. The molecule has 0 aliphatic heterocycles. The van der Waals surface area contributed by atoms with Gasteiger partial charge in [0.25, 0.3) is 5.56 Å². The molecule has 0 unspecified atom stereocenters. The first kappa shape index (κ1) is 16.0. The molecule has 4 rings (SSSR count). The van der Waals surface area contributed by atoms with Gasteiger partial charge < -0.3 is 5.32 Å². The van der Waals surface area contributed by atoms with Crippen molar-refractivity contribution in [3.8, 4) is 0 Å². The monoisotopic (exact) mass is 357 g/mol. The van der Waals surface area contributed by atoms with Gasteiger partial charge in [0, 0.05) is 10.6 Å². The molecular formula is C18H16FN3O2S. The van der Waals surface area contributed by atoms with E-state index in [4.69, 9.17) is 0 Å². The van der Waals surface area contributed by atoms with Gasteiger partial charge in [-0.2, -0.15) is 0 Å². The topological polar surface area (TPSA) is 64.0 Å². The number of nitrogens with one attached hydrogen (secondary N) is 1. The number of thiophene rings is 1. The zero-order valence-electron chi connectivity index (χ0n) is 13.4. The van der Waals surface area contributed by atoms with E-state index in [9.17, 15) is 14.0 Å². The number of amides is 1. The van der Waals surface area contributed by atoms with Crippen LogP contribution in [0.15, 0.2) is 35.4 Å². The molecule has 1 N–H and O–H groups in total. The van der Waals surface area contributed by atoms with Crippen molar-refractivity contribution in [2.45, 2.75) is 32.2 Å². The fourth-order valence-corrected chi connectivity index (χ4v) is 4.40. The smallest absolute Gasteiger partial charge is 0.262 e. The van der Waals surface area contributed by atoms with Crippen LogP contribution in [0.5, 0.6) is 0 Å². The van der Waals surface area contributed by atoms with Crippen LogP contribution in [-0.4, -0.2) is 15.5 Å². The zero-order valence-corrected chi connectivity index (χ0v) is 14.2. The molecule has 0 saturated carbocycles. The maximum absolute atomic E-state index is 12.9. The number of carbonyl (C=O) groups excluding carboxylic acids is 1. The van der Waals surface area contributed by atoms with Gasteiger partial charge in [0.05, 0.1) is 11.7 Å². The standard InChI is InChI=1S/C18H16FN3O2S/c19-11-5-7-12(8-6-11)21-15(23)9-22-10-20-17-16(18(22)24)13-3-1-2-4-14(13)25-17/h5-8,10H,1-4,9H2,(H,21,23). The van der Waals surface area contributed by atoms with Gasteiger partial charge >= 0.3 is 0 Å². The molecule has 7 heteroatoms. The maximum atomic E-state index is 12.9. The number of aryl methyl sites for hydroxylation is 2. The molecule has 1 aliphatic rings. The second kappa shape index (κ2) is 6.40. The van der Waals surface area contributed by atoms with Gasteiger partial charge in [-0.15, -0.1) is 11.3 Å². The average molecular weight is 357 g/mol. The molecule has 3 aromatic rings. The number of rotatable bonds is 3. The van der Waals surface area contributed by atoms with Crippen LogP contribution in [0.4, 0.5) is 10.1 Å². The Kier molecular flexibility index (Phi) is 4.09. The van der Waals surface area contributed by atoms with Crippen LogP contribution >= 0.6 is 11.3 Å². The molecular weight excluding hydrogens is 341 g/mol. The van der Waals surface area contributed by atoms with E-state index in [2.05, 4.69) is 10.3 Å². The van der Waals surface area contributed by atoms with Gasteiger partial charge in [-0.3, -0.25) is 14.2 Å². The van der Waals surface area contributed by atoms with E-state index in [1.165, 1.54) is 40.0 Å². The van der Waals surface area contributed by atoms with Crippen LogP contribution in [0.3, 0.4) is 0 Å². The van der Waals surface area contributed by atoms with E-state index in [1.54, 1.807) is 11.3 Å². The summed E-state index contributed by atoms with van der Waals surface area (Å²) in [5, 5.41) is 3.32. The molecule has 0 spiro atoms. The lowest BCUT2D eigenvalue weighted by Gasteiger charge is -2.10. The lowest BCUT2D eigenvalue weighted by atomic mass is 9.97. The summed E-state index contributed by atoms with van der Waals surface area (Å²) in [6.07, 6.45) is 5.56. The summed E-state index contributed by atoms with van der Waals surface area (Å²) in [7, 11) is 0. The van der Waals surface area contributed by atoms with Crippen molar-refractivity contribution in [3.05, 3.63) is 57.2 Å². The van der Waals surface area contributed by atoms with Crippen molar-refractivity contribution in [1.29, 1.82) is 0 Å². The van der Waals surface area contributed by atoms with Crippen molar-refractivity contribution < 1.29 is 9.18 Å². The van der Waals surface area contributed by atoms with Crippen LogP contribution in [-0.2, 0) is 24.2 Å². The largest absolute Gasteiger partial charge is 0.325 e. The predicted molar refractivity (Wildman–Crippen MR) is 95.6 cm³/mol. The quantitative estimate of drug-likeness (QED) is 0.783. The summed E-state index contributed by atoms with van der Waals surface area (Å²) in [6.45, 7) is -0.121. The zero-order chi connectivity index (χ0) is 17.4. The lowest BCUT2D eigenvalue weighted by molar-refractivity contribution is -0.116. The summed E-state index contributed by atoms with van der Waals surface area (Å²) in [5.74, 6) is -0.718. The van der Waals surface area contributed by atoms with Gasteiger partial charge in [-0.05, 0) is 55.5 Å². The molecule has 128 valence electrons. The Morgan fingerprint density at radius 1 is 1.24 bits per heavy atom. The van der Waals surface area contributed by atoms with E-state index in [0.29, 0.717) is 11.1 Å². The molecule has 5 nitrogen and oxygen atoms in total. The normalized spacial score (nSPS) is 13.6. The van der Waals surface area contributed by atoms with Crippen molar-refractivity contribution in [3.63, 3.8) is 0 Å². The molecule has 0 atom stereocenters. The first-order chi connectivity index (χ1) is 12.1. The highest BCUT2D eigenvalue weighted by atomic mass is 32.1. The molecule has 1 aromatic carbocycles. The number of aromatic nitrogens is 2. The Bertz CT molecular complexity index is 1010. The minimum absolute atomic E-state index is 0.121. The van der Waals surface area contributed by atoms with Crippen molar-refractivity contribution in [2.24, 2.45) is 0 Å². The molecule has 25 heavy (non-hydrogen) atoms. The number of carbonyl (C=O) groups is 1. The van der Waals surface area contributed by atoms with Crippen molar-refractivity contribution in [2.75, 3.05) is 5.32 Å². The summed E-state index contributed by atoms with van der Waals surface area (Å²) >= 11 is 1.58. The average Bonchev–Trinajstić information content (AvgIpc) is 2.99. The van der Waals surface area contributed by atoms with Gasteiger partial charge in [0.1, 0.15) is 17.2 Å². The first-order valence-corrected chi connectivity index (χ1v) is 8.98. The lowest BCUT2D eigenvalue weighted by Crippen LogP contribution is -2.28. The summed E-state index contributed by atoms with van der Waals surface area (Å²) in [4.78, 5) is 31.4. The number of hydrogen-bond acceptors (Lipinski definition) is 4. The molecule has 1 amide bonds. The number of halogens is 1. The van der Waals surface area contributed by atoms with E-state index >= 15 is 0 Å². The number of fused-ring (bicyclic) bond motifs is 3. The molecule has 2 aromatic heterocycles. The predicted octanol–water partition coefficient (Wildman–Crippen LogP) is 3.11. The molecule has 0 saturated heterocycles. The van der Waals surface area contributed by atoms with Crippen LogP contribution < -0.4 is 10.9 Å². The van der Waals surface area contributed by atoms with Crippen LogP contribution in [0.1, 0.15) is 23.3 Å². The van der Waals surface area contributed by atoms with E-state index < -0.39 is 0 Å². The Labute approximate surface area is 147 Å². The number of benzene rings is 1. The fraction of sp³-hybridized carbons (Fsp3) is 0.278. The highest BCUT2D eigenvalue weighted by Crippen LogP contribution is 2.33. The molecule has 0 bridgehead atoms. The van der Waals surface area contributed by atoms with Gasteiger partial charge in [0.2, 0.25) is 5.91 Å². The van der Waals surface area contributed by atoms with Gasteiger partial charge in [-0.1, -0.05) is 0 Å². The summed E-state index contributed by atoms with van der Waals surface area (Å²) in [6, 6.07) is 5.50. The minimum Gasteiger partial charge on any atom is -0.325 e. The van der Waals surface area contributed by atoms with E-state index in [-0.39, 0.29) is 23.8 Å². The number of anilines is 1. The Balaban J connectivity index is 1.61. The summed E-state index contributed by atoms with van der Waals surface area (Å²) in [5.41, 5.74) is 1.43. The second-order valence-corrected chi connectivity index (χ2v) is 7.21. The third-order valence-electron chi connectivity index (χ3n) is 4.38. The Morgan fingerprint density at radius 2 is 2.00 bits per heavy atom. The Morgan fingerprint density at radius 3 is 2.80 bits per heavy atom. The molecule has 0 radical (unpaired) electrons. The van der Waals surface area contributed by atoms with Gasteiger partial charge in [0.15, 0.2) is 0 Å². The maximum Gasteiger partial charge on any atom is 0.262 e. The highest BCUT2D eigenvalue weighted by molar-refractivity contribution is 7.18. The summed E-state index contributed by atoms with van der Waals surface area (Å²) < 4.78 is 14.3. The number of nitrogens with zero attached hydrogens (tertiary/aromatic N) is 2. The van der Waals surface area contributed by atoms with Crippen LogP contribution in [0.2, 0.25) is 0 Å². The van der Waals surface area contributed by atoms with Gasteiger partial charge in [-0.25, -0.2) is 9.37 Å². The fourth-order valence-electron chi connectivity index (χ4n) is 3.18. The SMILES string of the molecule is O=C(Cn1cnc2sc3c(c2c1=O)CCCC3)Nc1ccc(F)cc1. The Hall–Kier alpha value is -2.54. The van der Waals surface area contributed by atoms with Crippen molar-refractivity contribution >= 4 is 33.1 Å². The first-order valence-electron chi connectivity index (χ1n) is 8.17. The van der Waals surface area contributed by atoms with Crippen LogP contribution in [0, 0.1) is 5.82 Å². The minimum atomic E-state index is -0.369. The second-order valence-electron chi connectivity index (χ2n) is 6.12. The molecule has 1 aliphatic carbocycles. The van der Waals surface area contributed by atoms with Crippen LogP contribution in [0.25, 0.3) is 10.2 Å². The number of hydrogen-bond donors (Lipinski definition) is 1. The third-order valence-corrected chi connectivity index (χ3v) is 5.58. The highest BCUT2D eigenvalue weighted by Gasteiger charge is 2.20. The molecule has 0 fully saturated rings. The molecule has 2 heterocycles.